The van der Waals surface area contributed by atoms with Crippen molar-refractivity contribution in [1.29, 1.82) is 5.26 Å². The molecule has 1 aromatic carbocycles. The van der Waals surface area contributed by atoms with Gasteiger partial charge < -0.3 is 0 Å². The molecule has 1 nitrogen and oxygen atoms in total. The van der Waals surface area contributed by atoms with E-state index in [1.807, 2.05) is 6.07 Å². The third-order valence-electron chi connectivity index (χ3n) is 2.47. The second-order valence-corrected chi connectivity index (χ2v) is 3.30. The van der Waals surface area contributed by atoms with Crippen LogP contribution < -0.4 is 0 Å². The molecule has 0 N–H and O–H groups in total. The lowest BCUT2D eigenvalue weighted by atomic mass is 9.86. The van der Waals surface area contributed by atoms with Crippen LogP contribution in [-0.2, 0) is 6.42 Å². The monoisotopic (exact) mass is 169 g/mol. The van der Waals surface area contributed by atoms with Crippen molar-refractivity contribution in [3.63, 3.8) is 0 Å². The van der Waals surface area contributed by atoms with Crippen molar-refractivity contribution < 1.29 is 0 Å². The van der Waals surface area contributed by atoms with Crippen molar-refractivity contribution in [1.82, 2.24) is 0 Å². The summed E-state index contributed by atoms with van der Waals surface area (Å²) >= 11 is 0. The molecule has 0 fully saturated rings. The van der Waals surface area contributed by atoms with Gasteiger partial charge in [-0.1, -0.05) is 36.4 Å². The third-order valence-corrected chi connectivity index (χ3v) is 2.47. The van der Waals surface area contributed by atoms with Gasteiger partial charge in [0.25, 0.3) is 0 Å². The summed E-state index contributed by atoms with van der Waals surface area (Å²) in [6.45, 7) is 0. The molecular weight excluding hydrogens is 158 g/mol. The van der Waals surface area contributed by atoms with E-state index in [9.17, 15) is 0 Å². The van der Waals surface area contributed by atoms with Gasteiger partial charge in [0.15, 0.2) is 0 Å². The SMILES string of the molecule is N#CC[C@H]1C=CCc2ccccc21. The Balaban J connectivity index is 2.37. The Hall–Kier alpha value is -1.55. The maximum Gasteiger partial charge on any atom is 0.0631 e. The van der Waals surface area contributed by atoms with Gasteiger partial charge in [-0.15, -0.1) is 0 Å². The third kappa shape index (κ3) is 1.48. The molecule has 1 aliphatic rings. The van der Waals surface area contributed by atoms with E-state index < -0.39 is 0 Å². The Labute approximate surface area is 78.3 Å². The Morgan fingerprint density at radius 2 is 2.23 bits per heavy atom. The van der Waals surface area contributed by atoms with E-state index in [-0.39, 0.29) is 0 Å². The van der Waals surface area contributed by atoms with Gasteiger partial charge >= 0.3 is 0 Å². The molecule has 0 aromatic heterocycles. The van der Waals surface area contributed by atoms with Crippen LogP contribution in [0.2, 0.25) is 0 Å². The minimum Gasteiger partial charge on any atom is -0.198 e. The maximum absolute atomic E-state index is 8.66. The van der Waals surface area contributed by atoms with Crippen LogP contribution in [0.3, 0.4) is 0 Å². The van der Waals surface area contributed by atoms with E-state index in [4.69, 9.17) is 5.26 Å². The lowest BCUT2D eigenvalue weighted by molar-refractivity contribution is 0.835. The highest BCUT2D eigenvalue weighted by Crippen LogP contribution is 2.28. The highest BCUT2D eigenvalue weighted by Gasteiger charge is 2.14. The average molecular weight is 169 g/mol. The first-order valence-electron chi connectivity index (χ1n) is 4.53. The summed E-state index contributed by atoms with van der Waals surface area (Å²) in [5.74, 6) is 0.315. The molecule has 0 spiro atoms. The summed E-state index contributed by atoms with van der Waals surface area (Å²) < 4.78 is 0. The molecule has 13 heavy (non-hydrogen) atoms. The number of nitriles is 1. The molecular formula is C12H11N. The molecule has 0 saturated carbocycles. The summed E-state index contributed by atoms with van der Waals surface area (Å²) in [5.41, 5.74) is 2.69. The first-order chi connectivity index (χ1) is 6.42. The standard InChI is InChI=1S/C12H11N/c13-9-8-11-6-3-5-10-4-1-2-7-12(10)11/h1-4,6-7,11H,5,8H2/t11-/m1/s1. The van der Waals surface area contributed by atoms with Gasteiger partial charge in [0, 0.05) is 12.3 Å². The lowest BCUT2D eigenvalue weighted by Crippen LogP contribution is -2.03. The van der Waals surface area contributed by atoms with Crippen LogP contribution in [0.15, 0.2) is 36.4 Å². The van der Waals surface area contributed by atoms with Gasteiger partial charge in [0.1, 0.15) is 0 Å². The van der Waals surface area contributed by atoms with Crippen LogP contribution in [0.25, 0.3) is 0 Å². The van der Waals surface area contributed by atoms with Gasteiger partial charge in [-0.3, -0.25) is 0 Å². The Morgan fingerprint density at radius 3 is 3.08 bits per heavy atom. The smallest absolute Gasteiger partial charge is 0.0631 e. The molecule has 0 amide bonds. The highest BCUT2D eigenvalue weighted by atomic mass is 14.3. The van der Waals surface area contributed by atoms with Crippen molar-refractivity contribution in [2.75, 3.05) is 0 Å². The van der Waals surface area contributed by atoms with Gasteiger partial charge in [-0.25, -0.2) is 0 Å². The minimum atomic E-state index is 0.315. The average Bonchev–Trinajstić information content (AvgIpc) is 2.19. The van der Waals surface area contributed by atoms with E-state index in [1.165, 1.54) is 11.1 Å². The topological polar surface area (TPSA) is 23.8 Å². The Kier molecular flexibility index (Phi) is 2.14. The normalized spacial score (nSPS) is 19.2. The van der Waals surface area contributed by atoms with E-state index in [1.54, 1.807) is 0 Å². The number of hydrogen-bond donors (Lipinski definition) is 0. The number of nitrogens with zero attached hydrogens (tertiary/aromatic N) is 1. The van der Waals surface area contributed by atoms with Crippen molar-refractivity contribution >= 4 is 0 Å². The molecule has 0 heterocycles. The summed E-state index contributed by atoms with van der Waals surface area (Å²) in [6.07, 6.45) is 5.90. The van der Waals surface area contributed by atoms with Crippen LogP contribution in [0, 0.1) is 11.3 Å². The first kappa shape index (κ1) is 8.07. The highest BCUT2D eigenvalue weighted by molar-refractivity contribution is 5.38. The minimum absolute atomic E-state index is 0.315. The number of allylic oxidation sites excluding steroid dienone is 2. The number of rotatable bonds is 1. The second kappa shape index (κ2) is 3.45. The molecule has 1 aliphatic carbocycles. The zero-order valence-corrected chi connectivity index (χ0v) is 7.40. The van der Waals surface area contributed by atoms with Gasteiger partial charge in [0.2, 0.25) is 0 Å². The van der Waals surface area contributed by atoms with Crippen LogP contribution in [0.4, 0.5) is 0 Å². The maximum atomic E-state index is 8.66. The van der Waals surface area contributed by atoms with E-state index >= 15 is 0 Å². The molecule has 1 heteroatoms. The molecule has 0 radical (unpaired) electrons. The predicted molar refractivity (Wildman–Crippen MR) is 52.3 cm³/mol. The zero-order valence-electron chi connectivity index (χ0n) is 7.40. The predicted octanol–water partition coefficient (Wildman–Crippen LogP) is 2.80. The molecule has 1 aromatic rings. The quantitative estimate of drug-likeness (QED) is 0.593. The van der Waals surface area contributed by atoms with Crippen LogP contribution >= 0.6 is 0 Å². The fraction of sp³-hybridized carbons (Fsp3) is 0.250. The molecule has 0 unspecified atom stereocenters. The molecule has 2 rings (SSSR count). The van der Waals surface area contributed by atoms with Crippen LogP contribution in [0.5, 0.6) is 0 Å². The van der Waals surface area contributed by atoms with Crippen molar-refractivity contribution in [3.8, 4) is 6.07 Å². The van der Waals surface area contributed by atoms with E-state index in [2.05, 4.69) is 36.4 Å². The second-order valence-electron chi connectivity index (χ2n) is 3.30. The van der Waals surface area contributed by atoms with Crippen LogP contribution in [0.1, 0.15) is 23.5 Å². The number of benzene rings is 1. The fourth-order valence-electron chi connectivity index (χ4n) is 1.82. The van der Waals surface area contributed by atoms with Crippen molar-refractivity contribution in [2.24, 2.45) is 0 Å². The molecule has 1 atom stereocenters. The molecule has 0 bridgehead atoms. The largest absolute Gasteiger partial charge is 0.198 e. The summed E-state index contributed by atoms with van der Waals surface area (Å²) in [7, 11) is 0. The Bertz CT molecular complexity index is 371. The summed E-state index contributed by atoms with van der Waals surface area (Å²) in [6, 6.07) is 10.6. The van der Waals surface area contributed by atoms with Crippen molar-refractivity contribution in [3.05, 3.63) is 47.5 Å². The lowest BCUT2D eigenvalue weighted by Gasteiger charge is -2.17. The van der Waals surface area contributed by atoms with Gasteiger partial charge in [-0.05, 0) is 17.5 Å². The van der Waals surface area contributed by atoms with E-state index in [0.717, 1.165) is 6.42 Å². The zero-order chi connectivity index (χ0) is 9.10. The van der Waals surface area contributed by atoms with E-state index in [0.29, 0.717) is 12.3 Å². The number of fused-ring (bicyclic) bond motifs is 1. The molecule has 0 aliphatic heterocycles. The first-order valence-corrected chi connectivity index (χ1v) is 4.53. The summed E-state index contributed by atoms with van der Waals surface area (Å²) in [4.78, 5) is 0. The van der Waals surface area contributed by atoms with Crippen LogP contribution in [-0.4, -0.2) is 0 Å². The fourth-order valence-corrected chi connectivity index (χ4v) is 1.82. The van der Waals surface area contributed by atoms with Gasteiger partial charge in [-0.2, -0.15) is 5.26 Å². The van der Waals surface area contributed by atoms with Crippen molar-refractivity contribution in [2.45, 2.75) is 18.8 Å². The summed E-state index contributed by atoms with van der Waals surface area (Å²) in [5, 5.41) is 8.66. The Morgan fingerprint density at radius 1 is 1.38 bits per heavy atom. The molecule has 64 valence electrons. The molecule has 0 saturated heterocycles. The number of hydrogen-bond acceptors (Lipinski definition) is 1. The van der Waals surface area contributed by atoms with Gasteiger partial charge in [0.05, 0.1) is 6.07 Å².